The molecule has 4 nitrogen and oxygen atoms in total. The largest absolute Gasteiger partial charge is 0.354 e. The SMILES string of the molecule is N#Cc1cncc(N2C[C@@H](c3ccccc3)C3(CCC3)C2)n1. The van der Waals surface area contributed by atoms with Gasteiger partial charge in [0.25, 0.3) is 0 Å². The molecule has 1 spiro atoms. The lowest BCUT2D eigenvalue weighted by Gasteiger charge is -2.43. The Morgan fingerprint density at radius 1 is 1.18 bits per heavy atom. The lowest BCUT2D eigenvalue weighted by atomic mass is 9.61. The van der Waals surface area contributed by atoms with E-state index in [-0.39, 0.29) is 0 Å². The van der Waals surface area contributed by atoms with Crippen LogP contribution >= 0.6 is 0 Å². The summed E-state index contributed by atoms with van der Waals surface area (Å²) in [5, 5.41) is 9.02. The maximum atomic E-state index is 9.02. The monoisotopic (exact) mass is 290 g/mol. The van der Waals surface area contributed by atoms with E-state index in [1.54, 1.807) is 6.20 Å². The van der Waals surface area contributed by atoms with Crippen LogP contribution in [0.15, 0.2) is 42.7 Å². The summed E-state index contributed by atoms with van der Waals surface area (Å²) in [6.07, 6.45) is 7.19. The molecule has 0 amide bonds. The van der Waals surface area contributed by atoms with Crippen molar-refractivity contribution in [1.82, 2.24) is 9.97 Å². The molecule has 2 aromatic rings. The molecule has 1 aliphatic heterocycles. The number of hydrogen-bond donors (Lipinski definition) is 0. The molecule has 0 bridgehead atoms. The zero-order valence-electron chi connectivity index (χ0n) is 12.4. The topological polar surface area (TPSA) is 52.8 Å². The zero-order valence-corrected chi connectivity index (χ0v) is 12.4. The smallest absolute Gasteiger partial charge is 0.161 e. The number of anilines is 1. The zero-order chi connectivity index (χ0) is 15.0. The Bertz CT molecular complexity index is 715. The molecule has 22 heavy (non-hydrogen) atoms. The number of nitrogens with zero attached hydrogens (tertiary/aromatic N) is 4. The van der Waals surface area contributed by atoms with E-state index in [0.717, 1.165) is 18.9 Å². The van der Waals surface area contributed by atoms with E-state index in [2.05, 4.69) is 51.3 Å². The molecular weight excluding hydrogens is 272 g/mol. The molecule has 4 heteroatoms. The van der Waals surface area contributed by atoms with E-state index < -0.39 is 0 Å². The van der Waals surface area contributed by atoms with E-state index in [4.69, 9.17) is 5.26 Å². The van der Waals surface area contributed by atoms with E-state index in [1.165, 1.54) is 31.0 Å². The molecular formula is C18H18N4. The van der Waals surface area contributed by atoms with Crippen molar-refractivity contribution in [2.24, 2.45) is 5.41 Å². The molecule has 4 rings (SSSR count). The van der Waals surface area contributed by atoms with Crippen molar-refractivity contribution in [3.8, 4) is 6.07 Å². The van der Waals surface area contributed by atoms with Gasteiger partial charge in [-0.1, -0.05) is 36.8 Å². The summed E-state index contributed by atoms with van der Waals surface area (Å²) in [4.78, 5) is 10.9. The Hall–Kier alpha value is -2.41. The molecule has 1 aromatic carbocycles. The molecule has 1 saturated carbocycles. The molecule has 0 unspecified atom stereocenters. The number of nitriles is 1. The van der Waals surface area contributed by atoms with Crippen LogP contribution < -0.4 is 4.90 Å². The van der Waals surface area contributed by atoms with Crippen molar-refractivity contribution in [1.29, 1.82) is 5.26 Å². The fourth-order valence-corrected chi connectivity index (χ4v) is 3.99. The number of hydrogen-bond acceptors (Lipinski definition) is 4. The highest BCUT2D eigenvalue weighted by atomic mass is 15.2. The highest BCUT2D eigenvalue weighted by Gasteiger charge is 2.51. The molecule has 2 heterocycles. The van der Waals surface area contributed by atoms with Gasteiger partial charge in [0, 0.05) is 19.0 Å². The fourth-order valence-electron chi connectivity index (χ4n) is 3.99. The second kappa shape index (κ2) is 5.10. The van der Waals surface area contributed by atoms with Gasteiger partial charge in [-0.25, -0.2) is 4.98 Å². The quantitative estimate of drug-likeness (QED) is 0.852. The van der Waals surface area contributed by atoms with Gasteiger partial charge >= 0.3 is 0 Å². The Morgan fingerprint density at radius 3 is 2.68 bits per heavy atom. The van der Waals surface area contributed by atoms with Crippen LogP contribution in [0.4, 0.5) is 5.82 Å². The van der Waals surface area contributed by atoms with Crippen molar-refractivity contribution in [2.45, 2.75) is 25.2 Å². The van der Waals surface area contributed by atoms with Gasteiger partial charge in [0.2, 0.25) is 0 Å². The van der Waals surface area contributed by atoms with Crippen LogP contribution in [0, 0.1) is 16.7 Å². The summed E-state index contributed by atoms with van der Waals surface area (Å²) >= 11 is 0. The number of rotatable bonds is 2. The molecule has 1 saturated heterocycles. The summed E-state index contributed by atoms with van der Waals surface area (Å²) in [6, 6.07) is 12.9. The molecule has 2 fully saturated rings. The first-order valence-electron chi connectivity index (χ1n) is 7.83. The molecule has 1 aliphatic carbocycles. The molecule has 1 aromatic heterocycles. The van der Waals surface area contributed by atoms with Crippen LogP contribution in [-0.2, 0) is 0 Å². The standard InChI is InChI=1S/C18H18N4/c19-9-15-10-20-11-17(21-15)22-12-16(14-5-2-1-3-6-14)18(13-22)7-4-8-18/h1-3,5-6,10-11,16H,4,7-8,12-13H2/t16-/m0/s1. The first-order chi connectivity index (χ1) is 10.8. The van der Waals surface area contributed by atoms with Crippen molar-refractivity contribution in [3.63, 3.8) is 0 Å². The van der Waals surface area contributed by atoms with Crippen molar-refractivity contribution in [3.05, 3.63) is 54.0 Å². The summed E-state index contributed by atoms with van der Waals surface area (Å²) in [5.41, 5.74) is 2.20. The maximum Gasteiger partial charge on any atom is 0.161 e. The van der Waals surface area contributed by atoms with Crippen molar-refractivity contribution >= 4 is 5.82 Å². The van der Waals surface area contributed by atoms with Crippen LogP contribution in [0.1, 0.15) is 36.4 Å². The Morgan fingerprint density at radius 2 is 2.00 bits per heavy atom. The third kappa shape index (κ3) is 2.05. The van der Waals surface area contributed by atoms with E-state index in [0.29, 0.717) is 17.0 Å². The summed E-state index contributed by atoms with van der Waals surface area (Å²) < 4.78 is 0. The van der Waals surface area contributed by atoms with E-state index in [9.17, 15) is 0 Å². The normalized spacial score (nSPS) is 22.3. The number of benzene rings is 1. The van der Waals surface area contributed by atoms with Gasteiger partial charge in [0.15, 0.2) is 5.69 Å². The average molecular weight is 290 g/mol. The van der Waals surface area contributed by atoms with Crippen LogP contribution in [0.5, 0.6) is 0 Å². The third-order valence-corrected chi connectivity index (χ3v) is 5.26. The lowest BCUT2D eigenvalue weighted by Crippen LogP contribution is -2.36. The second-order valence-corrected chi connectivity index (χ2v) is 6.43. The van der Waals surface area contributed by atoms with Gasteiger partial charge in [-0.2, -0.15) is 5.26 Å². The summed E-state index contributed by atoms with van der Waals surface area (Å²) in [7, 11) is 0. The van der Waals surface area contributed by atoms with Crippen molar-refractivity contribution in [2.75, 3.05) is 18.0 Å². The van der Waals surface area contributed by atoms with E-state index >= 15 is 0 Å². The summed E-state index contributed by atoms with van der Waals surface area (Å²) in [5.74, 6) is 1.39. The maximum absolute atomic E-state index is 9.02. The first-order valence-corrected chi connectivity index (χ1v) is 7.83. The molecule has 1 atom stereocenters. The molecule has 0 radical (unpaired) electrons. The highest BCUT2D eigenvalue weighted by Crippen LogP contribution is 2.56. The minimum atomic E-state index is 0.381. The van der Waals surface area contributed by atoms with Gasteiger partial charge < -0.3 is 4.90 Å². The Balaban J connectivity index is 1.66. The van der Waals surface area contributed by atoms with Gasteiger partial charge in [0.05, 0.1) is 12.4 Å². The minimum Gasteiger partial charge on any atom is -0.354 e. The Kier molecular flexibility index (Phi) is 3.07. The molecule has 0 N–H and O–H groups in total. The van der Waals surface area contributed by atoms with Crippen LogP contribution in [-0.4, -0.2) is 23.1 Å². The number of aromatic nitrogens is 2. The van der Waals surface area contributed by atoms with Crippen LogP contribution in [0.25, 0.3) is 0 Å². The average Bonchev–Trinajstić information content (AvgIpc) is 2.97. The predicted octanol–water partition coefficient (Wildman–Crippen LogP) is 3.12. The molecule has 2 aliphatic rings. The van der Waals surface area contributed by atoms with Gasteiger partial charge in [-0.05, 0) is 23.8 Å². The van der Waals surface area contributed by atoms with Crippen LogP contribution in [0.3, 0.4) is 0 Å². The minimum absolute atomic E-state index is 0.381. The van der Waals surface area contributed by atoms with Crippen LogP contribution in [0.2, 0.25) is 0 Å². The fraction of sp³-hybridized carbons (Fsp3) is 0.389. The first kappa shape index (κ1) is 13.3. The lowest BCUT2D eigenvalue weighted by molar-refractivity contribution is 0.139. The van der Waals surface area contributed by atoms with Gasteiger partial charge in [0.1, 0.15) is 11.9 Å². The molecule has 110 valence electrons. The Labute approximate surface area is 130 Å². The van der Waals surface area contributed by atoms with E-state index in [1.807, 2.05) is 0 Å². The third-order valence-electron chi connectivity index (χ3n) is 5.26. The van der Waals surface area contributed by atoms with Crippen molar-refractivity contribution < 1.29 is 0 Å². The second-order valence-electron chi connectivity index (χ2n) is 6.43. The predicted molar refractivity (Wildman–Crippen MR) is 84.4 cm³/mol. The summed E-state index contributed by atoms with van der Waals surface area (Å²) in [6.45, 7) is 1.99. The highest BCUT2D eigenvalue weighted by molar-refractivity contribution is 5.44. The van der Waals surface area contributed by atoms with Gasteiger partial charge in [-0.15, -0.1) is 0 Å². The van der Waals surface area contributed by atoms with Gasteiger partial charge in [-0.3, -0.25) is 4.98 Å².